The predicted octanol–water partition coefficient (Wildman–Crippen LogP) is 4.80. The van der Waals surface area contributed by atoms with Gasteiger partial charge >= 0.3 is 0 Å². The van der Waals surface area contributed by atoms with E-state index in [9.17, 15) is 0 Å². The topological polar surface area (TPSA) is 6.48 Å². The minimum atomic E-state index is -0.280. The zero-order valence-electron chi connectivity index (χ0n) is 13.6. The summed E-state index contributed by atoms with van der Waals surface area (Å²) in [4.78, 5) is 2.26. The maximum Gasteiger partial charge on any atom is 0.181 e. The van der Waals surface area contributed by atoms with Crippen LogP contribution in [0.3, 0.4) is 0 Å². The van der Waals surface area contributed by atoms with Crippen molar-refractivity contribution in [2.45, 2.75) is 51.9 Å². The molecule has 2 nitrogen and oxygen atoms in total. The molecule has 2 rings (SSSR count). The molecular weight excluding hydrogens is 263 g/mol. The van der Waals surface area contributed by atoms with Crippen molar-refractivity contribution < 1.29 is 0 Å². The molecule has 1 saturated heterocycles. The Morgan fingerprint density at radius 1 is 0.900 bits per heavy atom. The lowest BCUT2D eigenvalue weighted by Gasteiger charge is -2.45. The summed E-state index contributed by atoms with van der Waals surface area (Å²) in [6.07, 6.45) is 0. The normalized spacial score (nSPS) is 18.1. The predicted molar refractivity (Wildman–Crippen MR) is 90.2 cm³/mol. The highest BCUT2D eigenvalue weighted by molar-refractivity contribution is 7.58. The summed E-state index contributed by atoms with van der Waals surface area (Å²) in [5.41, 5.74) is 1.24. The van der Waals surface area contributed by atoms with Crippen LogP contribution in [0.5, 0.6) is 0 Å². The molecule has 0 saturated carbocycles. The Morgan fingerprint density at radius 2 is 1.45 bits per heavy atom. The summed E-state index contributed by atoms with van der Waals surface area (Å²) in [6.45, 7) is 19.9. The second-order valence-electron chi connectivity index (χ2n) is 7.36. The highest BCUT2D eigenvalue weighted by atomic mass is 31.1. The molecule has 1 fully saturated rings. The van der Waals surface area contributed by atoms with Crippen molar-refractivity contribution in [1.29, 1.82) is 0 Å². The molecule has 0 aliphatic carbocycles. The number of hydrogen-bond acceptors (Lipinski definition) is 2. The molecule has 0 spiro atoms. The maximum atomic E-state index is 3.62. The number of hydrogen-bond donors (Lipinski definition) is 0. The van der Waals surface area contributed by atoms with E-state index in [1.54, 1.807) is 0 Å². The van der Waals surface area contributed by atoms with E-state index in [2.05, 4.69) is 88.1 Å². The van der Waals surface area contributed by atoms with Gasteiger partial charge in [-0.3, -0.25) is 0 Å². The third-order valence-corrected chi connectivity index (χ3v) is 6.67. The van der Waals surface area contributed by atoms with Crippen LogP contribution < -0.4 is 4.90 Å². The summed E-state index contributed by atoms with van der Waals surface area (Å²) >= 11 is 0. The van der Waals surface area contributed by atoms with Gasteiger partial charge in [-0.15, -0.1) is 0 Å². The largest absolute Gasteiger partial charge is 0.345 e. The molecule has 1 aromatic rings. The minimum Gasteiger partial charge on any atom is -0.345 e. The molecule has 0 amide bonds. The van der Waals surface area contributed by atoms with Gasteiger partial charge in [0.1, 0.15) is 0 Å². The quantitative estimate of drug-likeness (QED) is 0.722. The first kappa shape index (κ1) is 15.8. The van der Waals surface area contributed by atoms with Gasteiger partial charge in [0.25, 0.3) is 0 Å². The number of benzene rings is 1. The highest BCUT2D eigenvalue weighted by Crippen LogP contribution is 2.62. The van der Waals surface area contributed by atoms with Crippen LogP contribution in [-0.4, -0.2) is 28.1 Å². The molecule has 2 radical (unpaired) electrons. The third kappa shape index (κ3) is 3.54. The van der Waals surface area contributed by atoms with E-state index in [-0.39, 0.29) is 8.07 Å². The highest BCUT2D eigenvalue weighted by Gasteiger charge is 2.42. The van der Waals surface area contributed by atoms with E-state index in [4.69, 9.17) is 0 Å². The fourth-order valence-corrected chi connectivity index (χ4v) is 7.05. The average Bonchev–Trinajstić information content (AvgIpc) is 2.75. The lowest BCUT2D eigenvalue weighted by Crippen LogP contribution is -2.34. The van der Waals surface area contributed by atoms with Crippen molar-refractivity contribution in [3.8, 4) is 0 Å². The molecule has 0 bridgehead atoms. The Morgan fingerprint density at radius 3 is 1.95 bits per heavy atom. The van der Waals surface area contributed by atoms with Crippen LogP contribution in [0.25, 0.3) is 0 Å². The standard InChI is InChI=1S/C17H27N2P/c1-16(2,3)20(17(4,5)6)19-13-12-18(14-19)15-10-8-7-9-11-15/h7-11H,12-13H2,1-6H3. The maximum absolute atomic E-state index is 3.62. The molecule has 0 unspecified atom stereocenters. The zero-order chi connectivity index (χ0) is 15.0. The van der Waals surface area contributed by atoms with Gasteiger partial charge in [0.05, 0.1) is 0 Å². The molecule has 20 heavy (non-hydrogen) atoms. The zero-order valence-corrected chi connectivity index (χ0v) is 14.5. The fourth-order valence-electron chi connectivity index (χ4n) is 3.10. The van der Waals surface area contributed by atoms with E-state index in [1.807, 2.05) is 0 Å². The lowest BCUT2D eigenvalue weighted by atomic mass is 10.2. The second kappa shape index (κ2) is 5.66. The molecule has 0 aromatic heterocycles. The molecule has 1 heterocycles. The van der Waals surface area contributed by atoms with Crippen molar-refractivity contribution in [3.63, 3.8) is 0 Å². The van der Waals surface area contributed by atoms with Gasteiger partial charge in [-0.1, -0.05) is 59.7 Å². The van der Waals surface area contributed by atoms with Gasteiger partial charge in [-0.2, -0.15) is 0 Å². The van der Waals surface area contributed by atoms with E-state index in [0.29, 0.717) is 10.3 Å². The number of nitrogens with zero attached hydrogens (tertiary/aromatic N) is 2. The van der Waals surface area contributed by atoms with Gasteiger partial charge in [0.15, 0.2) is 6.67 Å². The van der Waals surface area contributed by atoms with Crippen LogP contribution >= 0.6 is 8.07 Å². The smallest absolute Gasteiger partial charge is 0.181 e. The average molecular weight is 290 g/mol. The van der Waals surface area contributed by atoms with Gasteiger partial charge < -0.3 is 4.90 Å². The van der Waals surface area contributed by atoms with E-state index in [1.165, 1.54) is 5.69 Å². The summed E-state index contributed by atoms with van der Waals surface area (Å²) in [5, 5.41) is 0.598. The molecule has 3 heteroatoms. The van der Waals surface area contributed by atoms with E-state index >= 15 is 0 Å². The van der Waals surface area contributed by atoms with E-state index in [0.717, 1.165) is 13.1 Å². The van der Waals surface area contributed by atoms with Crippen molar-refractivity contribution in [1.82, 2.24) is 4.67 Å². The Labute approximate surface area is 126 Å². The Hall–Kier alpha value is -0.590. The molecular formula is C17H27N2P. The monoisotopic (exact) mass is 290 g/mol. The van der Waals surface area contributed by atoms with Crippen LogP contribution in [0.1, 0.15) is 41.5 Å². The van der Waals surface area contributed by atoms with Gasteiger partial charge in [0, 0.05) is 18.8 Å². The van der Waals surface area contributed by atoms with Crippen LogP contribution in [-0.2, 0) is 0 Å². The lowest BCUT2D eigenvalue weighted by molar-refractivity contribution is 0.562. The van der Waals surface area contributed by atoms with Crippen molar-refractivity contribution in [2.24, 2.45) is 0 Å². The summed E-state index contributed by atoms with van der Waals surface area (Å²) in [5.74, 6) is 0. The van der Waals surface area contributed by atoms with Gasteiger partial charge in [0.2, 0.25) is 0 Å². The van der Waals surface area contributed by atoms with Crippen LogP contribution in [0.2, 0.25) is 0 Å². The first-order valence-electron chi connectivity index (χ1n) is 7.36. The number of anilines is 1. The molecule has 0 N–H and O–H groups in total. The molecule has 1 aliphatic heterocycles. The summed E-state index contributed by atoms with van der Waals surface area (Å²) in [6, 6.07) is 10.6. The van der Waals surface area contributed by atoms with Gasteiger partial charge in [-0.05, 0) is 30.5 Å². The molecule has 0 atom stereocenters. The Bertz CT molecular complexity index is 417. The Balaban J connectivity index is 2.15. The first-order chi connectivity index (χ1) is 9.19. The third-order valence-electron chi connectivity index (χ3n) is 3.35. The first-order valence-corrected chi connectivity index (χ1v) is 8.66. The fraction of sp³-hybridized carbons (Fsp3) is 0.588. The van der Waals surface area contributed by atoms with Gasteiger partial charge in [-0.25, -0.2) is 4.67 Å². The summed E-state index contributed by atoms with van der Waals surface area (Å²) in [7, 11) is -0.280. The minimum absolute atomic E-state index is 0.280. The van der Waals surface area contributed by atoms with Crippen LogP contribution in [0.15, 0.2) is 30.3 Å². The van der Waals surface area contributed by atoms with Crippen LogP contribution in [0, 0.1) is 6.67 Å². The van der Waals surface area contributed by atoms with Crippen molar-refractivity contribution in [2.75, 3.05) is 18.0 Å². The SMILES string of the molecule is CC(C)(C)P(N1[C]N(c2ccccc2)CC1)C(C)(C)C. The second-order valence-corrected chi connectivity index (χ2v) is 11.2. The number of para-hydroxylation sites is 1. The Kier molecular flexibility index (Phi) is 4.47. The molecule has 1 aliphatic rings. The van der Waals surface area contributed by atoms with Crippen LogP contribution in [0.4, 0.5) is 5.69 Å². The summed E-state index contributed by atoms with van der Waals surface area (Å²) < 4.78 is 2.47. The van der Waals surface area contributed by atoms with Crippen molar-refractivity contribution in [3.05, 3.63) is 37.0 Å². The number of rotatable bonds is 2. The van der Waals surface area contributed by atoms with Crippen molar-refractivity contribution >= 4 is 13.8 Å². The molecule has 110 valence electrons. The molecule has 1 aromatic carbocycles. The van der Waals surface area contributed by atoms with E-state index < -0.39 is 0 Å².